The van der Waals surface area contributed by atoms with E-state index in [2.05, 4.69) is 10.3 Å². The average molecular weight is 289 g/mol. The molecular formula is C15H19N3O3. The van der Waals surface area contributed by atoms with Crippen molar-refractivity contribution in [3.63, 3.8) is 0 Å². The number of amides is 1. The van der Waals surface area contributed by atoms with Crippen LogP contribution in [-0.4, -0.2) is 33.2 Å². The van der Waals surface area contributed by atoms with Gasteiger partial charge in [-0.15, -0.1) is 0 Å². The molecule has 0 radical (unpaired) electrons. The molecule has 6 nitrogen and oxygen atoms in total. The van der Waals surface area contributed by atoms with Crippen LogP contribution in [0.3, 0.4) is 0 Å². The summed E-state index contributed by atoms with van der Waals surface area (Å²) in [4.78, 5) is 28.0. The van der Waals surface area contributed by atoms with Crippen LogP contribution in [0.4, 0.5) is 0 Å². The number of para-hydroxylation sites is 2. The second-order valence-electron chi connectivity index (χ2n) is 5.01. The zero-order valence-electron chi connectivity index (χ0n) is 12.0. The number of aromatic nitrogens is 2. The van der Waals surface area contributed by atoms with Gasteiger partial charge in [-0.2, -0.15) is 0 Å². The van der Waals surface area contributed by atoms with Crippen LogP contribution >= 0.6 is 0 Å². The van der Waals surface area contributed by atoms with E-state index in [0.29, 0.717) is 23.9 Å². The van der Waals surface area contributed by atoms with Gasteiger partial charge in [0.25, 0.3) is 5.56 Å². The highest BCUT2D eigenvalue weighted by atomic mass is 16.3. The van der Waals surface area contributed by atoms with Crippen LogP contribution in [0, 0.1) is 0 Å². The van der Waals surface area contributed by atoms with Gasteiger partial charge < -0.3 is 10.4 Å². The Labute approximate surface area is 122 Å². The molecule has 21 heavy (non-hydrogen) atoms. The zero-order valence-corrected chi connectivity index (χ0v) is 12.0. The Morgan fingerprint density at radius 3 is 2.95 bits per heavy atom. The number of nitrogens with zero attached hydrogens (tertiary/aromatic N) is 2. The van der Waals surface area contributed by atoms with Crippen molar-refractivity contribution in [3.05, 3.63) is 40.8 Å². The van der Waals surface area contributed by atoms with Crippen molar-refractivity contribution in [3.8, 4) is 0 Å². The molecule has 112 valence electrons. The fourth-order valence-corrected chi connectivity index (χ4v) is 2.21. The molecule has 6 heteroatoms. The van der Waals surface area contributed by atoms with E-state index >= 15 is 0 Å². The van der Waals surface area contributed by atoms with E-state index < -0.39 is 0 Å². The summed E-state index contributed by atoms with van der Waals surface area (Å²) in [5.41, 5.74) is 1.02. The van der Waals surface area contributed by atoms with Gasteiger partial charge in [0.2, 0.25) is 5.91 Å². The van der Waals surface area contributed by atoms with Crippen LogP contribution in [0.2, 0.25) is 0 Å². The van der Waals surface area contributed by atoms with Gasteiger partial charge in [-0.1, -0.05) is 12.1 Å². The maximum Gasteiger partial charge on any atom is 0.269 e. The second kappa shape index (κ2) is 6.99. The lowest BCUT2D eigenvalue weighted by atomic mass is 10.2. The third kappa shape index (κ3) is 3.88. The number of nitrogens with one attached hydrogen (secondary N) is 1. The van der Waals surface area contributed by atoms with E-state index in [1.54, 1.807) is 12.1 Å². The first-order valence-corrected chi connectivity index (χ1v) is 6.96. The number of aliphatic hydroxyl groups excluding tert-OH is 1. The van der Waals surface area contributed by atoms with Gasteiger partial charge in [0, 0.05) is 12.6 Å². The molecule has 1 unspecified atom stereocenters. The lowest BCUT2D eigenvalue weighted by Crippen LogP contribution is -2.37. The van der Waals surface area contributed by atoms with E-state index in [4.69, 9.17) is 5.11 Å². The standard InChI is InChI=1S/C15H19N3O3/c1-11(5-4-8-19)17-14(20)10-18-13-7-3-2-6-12(13)16-9-15(18)21/h2-3,6-7,9,11,19H,4-5,8,10H2,1H3,(H,17,20). The lowest BCUT2D eigenvalue weighted by molar-refractivity contribution is -0.122. The normalized spacial score (nSPS) is 12.3. The smallest absolute Gasteiger partial charge is 0.269 e. The molecule has 1 atom stereocenters. The predicted octanol–water partition coefficient (Wildman–Crippen LogP) is 0.674. The molecule has 0 fully saturated rings. The van der Waals surface area contributed by atoms with Crippen molar-refractivity contribution in [1.29, 1.82) is 0 Å². The van der Waals surface area contributed by atoms with E-state index in [0.717, 1.165) is 0 Å². The quantitative estimate of drug-likeness (QED) is 0.819. The molecule has 0 aliphatic heterocycles. The minimum Gasteiger partial charge on any atom is -0.396 e. The van der Waals surface area contributed by atoms with Gasteiger partial charge in [-0.3, -0.25) is 14.2 Å². The number of benzene rings is 1. The zero-order chi connectivity index (χ0) is 15.2. The molecule has 1 aromatic carbocycles. The van der Waals surface area contributed by atoms with Crippen LogP contribution in [0.1, 0.15) is 19.8 Å². The highest BCUT2D eigenvalue weighted by Crippen LogP contribution is 2.08. The molecule has 1 heterocycles. The largest absolute Gasteiger partial charge is 0.396 e. The van der Waals surface area contributed by atoms with Crippen LogP contribution in [0.25, 0.3) is 11.0 Å². The topological polar surface area (TPSA) is 84.2 Å². The Morgan fingerprint density at radius 2 is 2.19 bits per heavy atom. The van der Waals surface area contributed by atoms with Crippen molar-refractivity contribution in [1.82, 2.24) is 14.9 Å². The van der Waals surface area contributed by atoms with Crippen molar-refractivity contribution >= 4 is 16.9 Å². The third-order valence-corrected chi connectivity index (χ3v) is 3.26. The van der Waals surface area contributed by atoms with E-state index in [1.165, 1.54) is 10.8 Å². The number of hydrogen-bond acceptors (Lipinski definition) is 4. The Balaban J connectivity index is 2.14. The second-order valence-corrected chi connectivity index (χ2v) is 5.01. The SMILES string of the molecule is CC(CCCO)NC(=O)Cn1c(=O)cnc2ccccc21. The molecule has 2 aromatic rings. The molecule has 1 amide bonds. The fourth-order valence-electron chi connectivity index (χ4n) is 2.21. The molecule has 0 aliphatic rings. The number of carbonyl (C=O) groups is 1. The minimum absolute atomic E-state index is 0.0338. The Morgan fingerprint density at radius 1 is 1.43 bits per heavy atom. The van der Waals surface area contributed by atoms with Gasteiger partial charge in [0.05, 0.1) is 17.2 Å². The molecule has 0 aliphatic carbocycles. The minimum atomic E-state index is -0.299. The Kier molecular flexibility index (Phi) is 5.05. The molecule has 2 rings (SSSR count). The maximum absolute atomic E-state index is 12.0. The summed E-state index contributed by atoms with van der Waals surface area (Å²) in [6, 6.07) is 7.18. The van der Waals surface area contributed by atoms with Crippen molar-refractivity contribution in [2.75, 3.05) is 6.61 Å². The summed E-state index contributed by atoms with van der Waals surface area (Å²) in [7, 11) is 0. The fraction of sp³-hybridized carbons (Fsp3) is 0.400. The number of aliphatic hydroxyl groups is 1. The van der Waals surface area contributed by atoms with Crippen LogP contribution in [0.5, 0.6) is 0 Å². The number of carbonyl (C=O) groups excluding carboxylic acids is 1. The van der Waals surface area contributed by atoms with Crippen molar-refractivity contribution in [2.45, 2.75) is 32.4 Å². The first-order chi connectivity index (χ1) is 10.1. The molecule has 2 N–H and O–H groups in total. The van der Waals surface area contributed by atoms with Gasteiger partial charge in [-0.25, -0.2) is 4.98 Å². The Bertz CT molecular complexity index is 681. The summed E-state index contributed by atoms with van der Waals surface area (Å²) in [5.74, 6) is -0.223. The predicted molar refractivity (Wildman–Crippen MR) is 79.9 cm³/mol. The van der Waals surface area contributed by atoms with E-state index in [-0.39, 0.29) is 30.7 Å². The molecule has 0 bridgehead atoms. The van der Waals surface area contributed by atoms with Crippen molar-refractivity contribution < 1.29 is 9.90 Å². The van der Waals surface area contributed by atoms with Gasteiger partial charge in [0.15, 0.2) is 0 Å². The Hall–Kier alpha value is -2.21. The summed E-state index contributed by atoms with van der Waals surface area (Å²) < 4.78 is 1.41. The molecular weight excluding hydrogens is 270 g/mol. The van der Waals surface area contributed by atoms with Gasteiger partial charge >= 0.3 is 0 Å². The maximum atomic E-state index is 12.0. The summed E-state index contributed by atoms with van der Waals surface area (Å²) in [5, 5.41) is 11.6. The van der Waals surface area contributed by atoms with E-state index in [1.807, 2.05) is 19.1 Å². The van der Waals surface area contributed by atoms with Crippen LogP contribution in [0.15, 0.2) is 35.3 Å². The van der Waals surface area contributed by atoms with Gasteiger partial charge in [-0.05, 0) is 31.9 Å². The highest BCUT2D eigenvalue weighted by Gasteiger charge is 2.11. The highest BCUT2D eigenvalue weighted by molar-refractivity contribution is 5.80. The van der Waals surface area contributed by atoms with Crippen LogP contribution in [-0.2, 0) is 11.3 Å². The van der Waals surface area contributed by atoms with Crippen molar-refractivity contribution in [2.24, 2.45) is 0 Å². The third-order valence-electron chi connectivity index (χ3n) is 3.26. The monoisotopic (exact) mass is 289 g/mol. The average Bonchev–Trinajstić information content (AvgIpc) is 2.48. The molecule has 1 aromatic heterocycles. The summed E-state index contributed by atoms with van der Waals surface area (Å²) >= 11 is 0. The number of fused-ring (bicyclic) bond motifs is 1. The molecule has 0 spiro atoms. The number of rotatable bonds is 6. The van der Waals surface area contributed by atoms with Gasteiger partial charge in [0.1, 0.15) is 6.54 Å². The first-order valence-electron chi connectivity index (χ1n) is 6.96. The summed E-state index contributed by atoms with van der Waals surface area (Å²) in [6.07, 6.45) is 2.57. The van der Waals surface area contributed by atoms with E-state index in [9.17, 15) is 9.59 Å². The lowest BCUT2D eigenvalue weighted by Gasteiger charge is -2.14. The number of hydrogen-bond donors (Lipinski definition) is 2. The first kappa shape index (κ1) is 15.2. The molecule has 0 saturated carbocycles. The van der Waals surface area contributed by atoms with Crippen LogP contribution < -0.4 is 10.9 Å². The molecule has 0 saturated heterocycles. The summed E-state index contributed by atoms with van der Waals surface area (Å²) in [6.45, 7) is 1.95.